The lowest BCUT2D eigenvalue weighted by Gasteiger charge is -2.34. The van der Waals surface area contributed by atoms with E-state index >= 15 is 0 Å². The van der Waals surface area contributed by atoms with E-state index in [9.17, 15) is 4.79 Å². The van der Waals surface area contributed by atoms with Crippen LogP contribution in [0.1, 0.15) is 74.5 Å². The van der Waals surface area contributed by atoms with E-state index in [1.165, 1.54) is 6.42 Å². The van der Waals surface area contributed by atoms with Crippen LogP contribution in [0, 0.1) is 0 Å². The first-order valence-corrected chi connectivity index (χ1v) is 16.6. The predicted octanol–water partition coefficient (Wildman–Crippen LogP) is 7.32. The molecule has 3 aromatic rings. The molecule has 1 aliphatic heterocycles. The fraction of sp³-hybridized carbons (Fsp3) is 0.500. The third-order valence-electron chi connectivity index (χ3n) is 6.69. The number of nitrogens with zero attached hydrogens (tertiary/aromatic N) is 2. The molecule has 0 radical (unpaired) electrons. The van der Waals surface area contributed by atoms with Gasteiger partial charge in [-0.05, 0) is 67.2 Å². The summed E-state index contributed by atoms with van der Waals surface area (Å²) in [6, 6.07) is 16.2. The summed E-state index contributed by atoms with van der Waals surface area (Å²) in [5.74, 6) is 1.43. The highest BCUT2D eigenvalue weighted by Gasteiger charge is 2.23. The Morgan fingerprint density at radius 1 is 1.07 bits per heavy atom. The minimum absolute atomic E-state index is 0.133. The number of ether oxygens (including phenoxy) is 2. The minimum atomic E-state index is 0.133. The molecule has 0 spiro atoms. The molecule has 0 bridgehead atoms. The second-order valence-corrected chi connectivity index (χ2v) is 11.6. The second kappa shape index (κ2) is 22.9. The molecule has 1 fully saturated rings. The number of methoxy groups -OCH3 is 2. The molecule has 9 heteroatoms. The highest BCUT2D eigenvalue weighted by molar-refractivity contribution is 7.82. The Bertz CT molecular complexity index is 1140. The van der Waals surface area contributed by atoms with Gasteiger partial charge in [-0.15, -0.1) is 24.0 Å². The van der Waals surface area contributed by atoms with Crippen molar-refractivity contribution in [3.8, 4) is 11.5 Å². The van der Waals surface area contributed by atoms with Gasteiger partial charge in [-0.25, -0.2) is 0 Å². The number of aldehydes is 1. The number of thiophene rings is 1. The van der Waals surface area contributed by atoms with Crippen LogP contribution in [0.5, 0.6) is 11.5 Å². The molecule has 1 aromatic heterocycles. The number of rotatable bonds is 11. The van der Waals surface area contributed by atoms with Gasteiger partial charge in [0.05, 0.1) is 18.4 Å². The fourth-order valence-corrected chi connectivity index (χ4v) is 5.44. The van der Waals surface area contributed by atoms with Crippen molar-refractivity contribution in [2.45, 2.75) is 63.8 Å². The number of hydrogen-bond donors (Lipinski definition) is 3. The van der Waals surface area contributed by atoms with Crippen LogP contribution in [0.3, 0.4) is 0 Å². The number of nitrogens with one attached hydrogen (secondary N) is 1. The highest BCUT2D eigenvalue weighted by Crippen LogP contribution is 2.35. The summed E-state index contributed by atoms with van der Waals surface area (Å²) in [7, 11) is 5.41. The fourth-order valence-electron chi connectivity index (χ4n) is 4.72. The van der Waals surface area contributed by atoms with E-state index < -0.39 is 0 Å². The zero-order chi connectivity index (χ0) is 32.0. The summed E-state index contributed by atoms with van der Waals surface area (Å²) in [4.78, 5) is 16.6. The lowest BCUT2D eigenvalue weighted by atomic mass is 9.98. The lowest BCUT2D eigenvalue weighted by Crippen LogP contribution is -2.44. The van der Waals surface area contributed by atoms with Gasteiger partial charge in [0.1, 0.15) is 6.29 Å². The van der Waals surface area contributed by atoms with Gasteiger partial charge in [0, 0.05) is 50.0 Å². The molecule has 240 valence electrons. The van der Waals surface area contributed by atoms with Gasteiger partial charge in [0.25, 0.3) is 0 Å². The maximum atomic E-state index is 11.9. The van der Waals surface area contributed by atoms with Crippen molar-refractivity contribution in [1.29, 1.82) is 0 Å². The number of piperazine rings is 1. The maximum absolute atomic E-state index is 11.9. The Balaban J connectivity index is 0.000000715. The number of carbonyl (C=O) groups is 1. The number of benzene rings is 2. The van der Waals surface area contributed by atoms with Crippen molar-refractivity contribution >= 4 is 35.9 Å². The maximum Gasteiger partial charge on any atom is 0.161 e. The van der Waals surface area contributed by atoms with E-state index in [-0.39, 0.29) is 6.04 Å². The monoisotopic (exact) mass is 630 g/mol. The predicted molar refractivity (Wildman–Crippen MR) is 188 cm³/mol. The smallest absolute Gasteiger partial charge is 0.161 e. The molecular weight excluding hydrogens is 577 g/mol. The number of hydrogen-bond acceptors (Lipinski definition) is 9. The highest BCUT2D eigenvalue weighted by atomic mass is 32.2. The quantitative estimate of drug-likeness (QED) is 0.151. The van der Waals surface area contributed by atoms with Crippen molar-refractivity contribution in [3.05, 3.63) is 70.6 Å². The molecular formula is C34H54N4O3S2. The van der Waals surface area contributed by atoms with Crippen LogP contribution in [0.2, 0.25) is 0 Å². The largest absolute Gasteiger partial charge is 0.493 e. The first-order chi connectivity index (χ1) is 20.9. The number of carbonyl (C=O) groups excluding carboxylic acids is 1. The average Bonchev–Trinajstić information content (AvgIpc) is 3.54. The SMILES string of the molecule is CC.CCC.COc1ccc(C(CCCN)N(C)Cc2c(C=O)cccc2N2CCNCC2)cc1OC.Sc1cccs1. The lowest BCUT2D eigenvalue weighted by molar-refractivity contribution is 0.112. The van der Waals surface area contributed by atoms with E-state index in [2.05, 4.69) is 60.8 Å². The zero-order valence-corrected chi connectivity index (χ0v) is 29.0. The van der Waals surface area contributed by atoms with Crippen molar-refractivity contribution in [3.63, 3.8) is 0 Å². The summed E-state index contributed by atoms with van der Waals surface area (Å²) < 4.78 is 12.0. The van der Waals surface area contributed by atoms with Gasteiger partial charge in [0.2, 0.25) is 0 Å². The summed E-state index contributed by atoms with van der Waals surface area (Å²) in [6.07, 6.45) is 4.04. The molecule has 7 nitrogen and oxygen atoms in total. The van der Waals surface area contributed by atoms with Crippen LogP contribution in [0.4, 0.5) is 5.69 Å². The van der Waals surface area contributed by atoms with E-state index in [1.807, 2.05) is 55.6 Å². The van der Waals surface area contributed by atoms with Gasteiger partial charge in [0.15, 0.2) is 11.5 Å². The van der Waals surface area contributed by atoms with Crippen LogP contribution in [0.25, 0.3) is 0 Å². The molecule has 1 saturated heterocycles. The van der Waals surface area contributed by atoms with Gasteiger partial charge in [-0.2, -0.15) is 0 Å². The van der Waals surface area contributed by atoms with Crippen LogP contribution in [-0.2, 0) is 6.54 Å². The molecule has 1 atom stereocenters. The van der Waals surface area contributed by atoms with E-state index in [4.69, 9.17) is 15.2 Å². The summed E-state index contributed by atoms with van der Waals surface area (Å²) in [5, 5.41) is 5.40. The van der Waals surface area contributed by atoms with E-state index in [0.717, 1.165) is 71.9 Å². The van der Waals surface area contributed by atoms with Gasteiger partial charge in [-0.3, -0.25) is 9.69 Å². The van der Waals surface area contributed by atoms with Crippen LogP contribution in [0.15, 0.2) is 58.1 Å². The molecule has 1 aliphatic rings. The summed E-state index contributed by atoms with van der Waals surface area (Å²) in [6.45, 7) is 13.3. The average molecular weight is 631 g/mol. The minimum Gasteiger partial charge on any atom is -0.493 e. The second-order valence-electron chi connectivity index (χ2n) is 9.83. The Labute approximate surface area is 270 Å². The third-order valence-corrected chi connectivity index (χ3v) is 7.83. The molecule has 0 amide bonds. The molecule has 2 heterocycles. The first kappa shape index (κ1) is 38.5. The Morgan fingerprint density at radius 2 is 1.74 bits per heavy atom. The molecule has 4 rings (SSSR count). The van der Waals surface area contributed by atoms with E-state index in [0.29, 0.717) is 24.6 Å². The molecule has 0 saturated carbocycles. The Morgan fingerprint density at radius 3 is 2.26 bits per heavy atom. The van der Waals surface area contributed by atoms with Gasteiger partial charge < -0.3 is 25.4 Å². The molecule has 2 aromatic carbocycles. The van der Waals surface area contributed by atoms with Crippen molar-refractivity contribution < 1.29 is 14.3 Å². The topological polar surface area (TPSA) is 80.1 Å². The molecule has 43 heavy (non-hydrogen) atoms. The van der Waals surface area contributed by atoms with Crippen molar-refractivity contribution in [1.82, 2.24) is 10.2 Å². The summed E-state index contributed by atoms with van der Waals surface area (Å²) >= 11 is 5.70. The normalized spacial score (nSPS) is 12.9. The van der Waals surface area contributed by atoms with Crippen LogP contribution in [-0.4, -0.2) is 65.2 Å². The van der Waals surface area contributed by atoms with Gasteiger partial charge >= 0.3 is 0 Å². The molecule has 3 N–H and O–H groups in total. The van der Waals surface area contributed by atoms with Gasteiger partial charge in [-0.1, -0.05) is 58.4 Å². The number of anilines is 1. The first-order valence-electron chi connectivity index (χ1n) is 15.3. The van der Waals surface area contributed by atoms with Crippen molar-refractivity contribution in [2.24, 2.45) is 5.73 Å². The Kier molecular flexibility index (Phi) is 20.5. The Hall–Kier alpha value is -2.56. The molecule has 1 unspecified atom stereocenters. The number of thiol groups is 1. The third kappa shape index (κ3) is 12.9. The van der Waals surface area contributed by atoms with Crippen molar-refractivity contribution in [2.75, 3.05) is 58.9 Å². The van der Waals surface area contributed by atoms with Crippen LogP contribution >= 0.6 is 24.0 Å². The zero-order valence-electron chi connectivity index (χ0n) is 27.3. The summed E-state index contributed by atoms with van der Waals surface area (Å²) in [5.41, 5.74) is 9.97. The molecule has 0 aliphatic carbocycles. The number of nitrogens with two attached hydrogens (primary N) is 1. The standard InChI is InChI=1S/C25H36N4O3.C4H4S2.C3H8.C2H6/c1-28(22(8-5-11-26)19-9-10-24(31-2)25(16-19)32-3)17-21-20(18-30)6-4-7-23(21)29-14-12-27-13-15-29;5-4-2-1-3-6-4;1-3-2;1-2/h4,6-7,9-10,16,18,22,27H,5,8,11-15,17,26H2,1-3H3;1-3,5H;3H2,1-2H3;1-2H3. The van der Waals surface area contributed by atoms with E-state index in [1.54, 1.807) is 25.6 Å². The van der Waals surface area contributed by atoms with Crippen LogP contribution < -0.4 is 25.4 Å².